The number of nitrogens with two attached hydrogens (primary N) is 1. The van der Waals surface area contributed by atoms with Gasteiger partial charge in [0.05, 0.1) is 5.69 Å². The Kier molecular flexibility index (Phi) is 3.63. The zero-order valence-corrected chi connectivity index (χ0v) is 13.3. The number of rotatable bonds is 4. The van der Waals surface area contributed by atoms with E-state index in [9.17, 15) is 0 Å². The Morgan fingerprint density at radius 2 is 2.10 bits per heavy atom. The minimum Gasteiger partial charge on any atom is -0.352 e. The summed E-state index contributed by atoms with van der Waals surface area (Å²) < 4.78 is 2.25. The van der Waals surface area contributed by atoms with Gasteiger partial charge in [-0.2, -0.15) is 0 Å². The van der Waals surface area contributed by atoms with Crippen LogP contribution in [0.15, 0.2) is 11.6 Å². The molecule has 1 aliphatic carbocycles. The van der Waals surface area contributed by atoms with Gasteiger partial charge in [0.2, 0.25) is 0 Å². The predicted octanol–water partition coefficient (Wildman–Crippen LogP) is 3.06. The highest BCUT2D eigenvalue weighted by Crippen LogP contribution is 2.39. The van der Waals surface area contributed by atoms with E-state index >= 15 is 0 Å². The van der Waals surface area contributed by atoms with Crippen molar-refractivity contribution >= 4 is 22.1 Å². The molecule has 0 spiro atoms. The fourth-order valence-corrected chi connectivity index (χ4v) is 5.04. The fraction of sp³-hybridized carbons (Fsp3) is 0.688. The van der Waals surface area contributed by atoms with Crippen LogP contribution in [0.3, 0.4) is 0 Å². The van der Waals surface area contributed by atoms with Crippen LogP contribution in [0, 0.1) is 5.92 Å². The lowest BCUT2D eigenvalue weighted by molar-refractivity contribution is 0.429. The lowest BCUT2D eigenvalue weighted by Gasteiger charge is -2.30. The van der Waals surface area contributed by atoms with E-state index in [4.69, 9.17) is 10.7 Å². The molecule has 4 nitrogen and oxygen atoms in total. The summed E-state index contributed by atoms with van der Waals surface area (Å²) in [7, 11) is 0. The average molecular weight is 304 g/mol. The molecule has 1 atom stereocenters. The van der Waals surface area contributed by atoms with E-state index in [1.165, 1.54) is 56.6 Å². The van der Waals surface area contributed by atoms with E-state index in [2.05, 4.69) is 20.9 Å². The highest BCUT2D eigenvalue weighted by Gasteiger charge is 2.35. The van der Waals surface area contributed by atoms with Crippen LogP contribution in [0.2, 0.25) is 0 Å². The van der Waals surface area contributed by atoms with Gasteiger partial charge in [-0.1, -0.05) is 12.8 Å². The first-order valence-electron chi connectivity index (χ1n) is 8.29. The zero-order valence-electron chi connectivity index (χ0n) is 12.5. The summed E-state index contributed by atoms with van der Waals surface area (Å²) in [5.41, 5.74) is 7.17. The van der Waals surface area contributed by atoms with Gasteiger partial charge in [-0.05, 0) is 38.1 Å². The van der Waals surface area contributed by atoms with Gasteiger partial charge in [-0.3, -0.25) is 4.40 Å². The van der Waals surface area contributed by atoms with Gasteiger partial charge in [0.1, 0.15) is 0 Å². The molecule has 4 rings (SSSR count). The molecule has 5 heteroatoms. The van der Waals surface area contributed by atoms with E-state index < -0.39 is 0 Å². The number of imidazole rings is 1. The normalized spacial score (nSPS) is 23.7. The maximum atomic E-state index is 5.85. The average Bonchev–Trinajstić information content (AvgIpc) is 3.24. The van der Waals surface area contributed by atoms with E-state index in [1.807, 2.05) is 0 Å². The SMILES string of the molecule is NCCc1c(N2CCCC2C2CCCC2)nc2sccn12. The number of thiazole rings is 1. The summed E-state index contributed by atoms with van der Waals surface area (Å²) in [5, 5.41) is 2.12. The fourth-order valence-electron chi connectivity index (χ4n) is 4.31. The third-order valence-corrected chi connectivity index (χ3v) is 5.99. The monoisotopic (exact) mass is 304 g/mol. The number of nitrogens with zero attached hydrogens (tertiary/aromatic N) is 3. The maximum absolute atomic E-state index is 5.85. The molecule has 3 heterocycles. The quantitative estimate of drug-likeness (QED) is 0.944. The summed E-state index contributed by atoms with van der Waals surface area (Å²) in [6.45, 7) is 1.86. The molecule has 0 aromatic carbocycles. The molecule has 1 aliphatic heterocycles. The molecule has 2 aromatic rings. The van der Waals surface area contributed by atoms with Crippen LogP contribution in [-0.2, 0) is 6.42 Å². The van der Waals surface area contributed by atoms with Crippen molar-refractivity contribution in [3.05, 3.63) is 17.3 Å². The smallest absolute Gasteiger partial charge is 0.195 e. The molecule has 1 saturated heterocycles. The molecule has 2 N–H and O–H groups in total. The highest BCUT2D eigenvalue weighted by molar-refractivity contribution is 7.15. The van der Waals surface area contributed by atoms with E-state index in [0.29, 0.717) is 12.6 Å². The number of fused-ring (bicyclic) bond motifs is 1. The Hall–Kier alpha value is -1.07. The number of hydrogen-bond donors (Lipinski definition) is 1. The van der Waals surface area contributed by atoms with Gasteiger partial charge in [0.15, 0.2) is 10.8 Å². The largest absolute Gasteiger partial charge is 0.352 e. The van der Waals surface area contributed by atoms with Crippen molar-refractivity contribution < 1.29 is 0 Å². The Morgan fingerprint density at radius 3 is 2.90 bits per heavy atom. The van der Waals surface area contributed by atoms with Crippen molar-refractivity contribution in [1.29, 1.82) is 0 Å². The molecular weight excluding hydrogens is 280 g/mol. The van der Waals surface area contributed by atoms with E-state index in [0.717, 1.165) is 17.3 Å². The first-order chi connectivity index (χ1) is 10.4. The molecule has 2 fully saturated rings. The Balaban J connectivity index is 1.70. The molecule has 1 saturated carbocycles. The summed E-state index contributed by atoms with van der Waals surface area (Å²) in [6, 6.07) is 0.716. The Labute approximate surface area is 130 Å². The topological polar surface area (TPSA) is 46.6 Å². The number of hydrogen-bond acceptors (Lipinski definition) is 4. The lowest BCUT2D eigenvalue weighted by atomic mass is 9.96. The van der Waals surface area contributed by atoms with Crippen LogP contribution >= 0.6 is 11.3 Å². The zero-order chi connectivity index (χ0) is 14.2. The molecule has 1 unspecified atom stereocenters. The Bertz CT molecular complexity index is 611. The minimum absolute atomic E-state index is 0.693. The molecule has 2 aliphatic rings. The van der Waals surface area contributed by atoms with Crippen molar-refractivity contribution in [3.8, 4) is 0 Å². The second-order valence-corrected chi connectivity index (χ2v) is 7.30. The van der Waals surface area contributed by atoms with Crippen LogP contribution < -0.4 is 10.6 Å². The lowest BCUT2D eigenvalue weighted by Crippen LogP contribution is -2.35. The second-order valence-electron chi connectivity index (χ2n) is 6.42. The third-order valence-electron chi connectivity index (χ3n) is 5.24. The summed E-state index contributed by atoms with van der Waals surface area (Å²) in [4.78, 5) is 8.67. The summed E-state index contributed by atoms with van der Waals surface area (Å²) >= 11 is 1.72. The van der Waals surface area contributed by atoms with Gasteiger partial charge < -0.3 is 10.6 Å². The number of anilines is 1. The summed E-state index contributed by atoms with van der Waals surface area (Å²) in [5.74, 6) is 2.11. The highest BCUT2D eigenvalue weighted by atomic mass is 32.1. The van der Waals surface area contributed by atoms with Crippen LogP contribution in [0.25, 0.3) is 4.96 Å². The van der Waals surface area contributed by atoms with Gasteiger partial charge >= 0.3 is 0 Å². The van der Waals surface area contributed by atoms with Crippen molar-refractivity contribution in [1.82, 2.24) is 9.38 Å². The molecule has 2 aromatic heterocycles. The van der Waals surface area contributed by atoms with Gasteiger partial charge in [-0.15, -0.1) is 11.3 Å². The van der Waals surface area contributed by atoms with Gasteiger partial charge in [-0.25, -0.2) is 4.98 Å². The van der Waals surface area contributed by atoms with Crippen LogP contribution in [0.1, 0.15) is 44.2 Å². The molecule has 0 amide bonds. The minimum atomic E-state index is 0.693. The van der Waals surface area contributed by atoms with Crippen molar-refractivity contribution in [3.63, 3.8) is 0 Å². The van der Waals surface area contributed by atoms with Crippen LogP contribution in [-0.4, -0.2) is 28.5 Å². The molecule has 21 heavy (non-hydrogen) atoms. The third kappa shape index (κ3) is 2.27. The molecule has 0 radical (unpaired) electrons. The van der Waals surface area contributed by atoms with E-state index in [-0.39, 0.29) is 0 Å². The number of aromatic nitrogens is 2. The molecule has 0 bridgehead atoms. The first-order valence-corrected chi connectivity index (χ1v) is 9.17. The molecular formula is C16H24N4S. The molecule has 114 valence electrons. The van der Waals surface area contributed by atoms with Crippen molar-refractivity contribution in [2.24, 2.45) is 11.7 Å². The Morgan fingerprint density at radius 1 is 1.24 bits per heavy atom. The van der Waals surface area contributed by atoms with Gasteiger partial charge in [0, 0.05) is 30.6 Å². The first kappa shape index (κ1) is 13.6. The van der Waals surface area contributed by atoms with Crippen molar-refractivity contribution in [2.45, 2.75) is 51.0 Å². The predicted molar refractivity (Wildman–Crippen MR) is 88.2 cm³/mol. The maximum Gasteiger partial charge on any atom is 0.195 e. The second kappa shape index (κ2) is 5.61. The van der Waals surface area contributed by atoms with Crippen LogP contribution in [0.5, 0.6) is 0 Å². The summed E-state index contributed by atoms with van der Waals surface area (Å²) in [6.07, 6.45) is 11.4. The standard InChI is InChI=1S/C16H24N4S/c17-8-7-14-15(18-16-20(14)10-11-21-16)19-9-3-6-13(19)12-4-1-2-5-12/h10-13H,1-9,17H2. The van der Waals surface area contributed by atoms with E-state index in [1.54, 1.807) is 11.3 Å². The van der Waals surface area contributed by atoms with Crippen LogP contribution in [0.4, 0.5) is 5.82 Å². The van der Waals surface area contributed by atoms with Crippen molar-refractivity contribution in [2.75, 3.05) is 18.0 Å². The van der Waals surface area contributed by atoms with Gasteiger partial charge in [0.25, 0.3) is 0 Å².